The van der Waals surface area contributed by atoms with Crippen LogP contribution in [0.25, 0.3) is 0 Å². The first-order valence-corrected chi connectivity index (χ1v) is 9.78. The van der Waals surface area contributed by atoms with Gasteiger partial charge in [0.2, 0.25) is 5.95 Å². The zero-order chi connectivity index (χ0) is 19.3. The number of halogens is 1. The second kappa shape index (κ2) is 8.53. The smallest absolute Gasteiger partial charge is 0.225 e. The molecule has 3 heterocycles. The Morgan fingerprint density at radius 3 is 2.86 bits per heavy atom. The Labute approximate surface area is 164 Å². The maximum Gasteiger partial charge on any atom is 0.225 e. The maximum atomic E-state index is 13.0. The van der Waals surface area contributed by atoms with Crippen LogP contribution < -0.4 is 4.90 Å². The summed E-state index contributed by atoms with van der Waals surface area (Å²) in [4.78, 5) is 12.9. The van der Waals surface area contributed by atoms with E-state index < -0.39 is 5.82 Å². The summed E-state index contributed by atoms with van der Waals surface area (Å²) in [6.45, 7) is 4.29. The van der Waals surface area contributed by atoms with Crippen LogP contribution in [0.2, 0.25) is 0 Å². The second-order valence-electron chi connectivity index (χ2n) is 7.50. The number of piperidine rings is 1. The number of ether oxygens (including phenoxy) is 1. The molecule has 0 N–H and O–H groups in total. The van der Waals surface area contributed by atoms with Crippen molar-refractivity contribution in [2.75, 3.05) is 37.7 Å². The highest BCUT2D eigenvalue weighted by molar-refractivity contribution is 5.36. The molecule has 6 nitrogen and oxygen atoms in total. The largest absolute Gasteiger partial charge is 0.492 e. The fourth-order valence-electron chi connectivity index (χ4n) is 4.10. The summed E-state index contributed by atoms with van der Waals surface area (Å²) < 4.78 is 19.1. The van der Waals surface area contributed by atoms with E-state index in [1.54, 1.807) is 0 Å². The SMILES string of the molecule is N#CC1=C(OCC2CCC3CN(c4ncc(F)cn4)CCN3C2)C=CC=CC1. The lowest BCUT2D eigenvalue weighted by Crippen LogP contribution is -2.57. The van der Waals surface area contributed by atoms with Crippen molar-refractivity contribution >= 4 is 5.95 Å². The minimum Gasteiger partial charge on any atom is -0.492 e. The molecule has 28 heavy (non-hydrogen) atoms. The molecule has 2 fully saturated rings. The van der Waals surface area contributed by atoms with E-state index in [0.29, 0.717) is 42.3 Å². The van der Waals surface area contributed by atoms with Crippen LogP contribution in [-0.4, -0.2) is 53.7 Å². The summed E-state index contributed by atoms with van der Waals surface area (Å²) in [7, 11) is 0. The third-order valence-corrected chi connectivity index (χ3v) is 5.62. The highest BCUT2D eigenvalue weighted by atomic mass is 19.1. The second-order valence-corrected chi connectivity index (χ2v) is 7.50. The number of anilines is 1. The monoisotopic (exact) mass is 381 g/mol. The van der Waals surface area contributed by atoms with Crippen LogP contribution in [0.15, 0.2) is 48.0 Å². The number of allylic oxidation sites excluding steroid dienone is 5. The molecule has 0 bridgehead atoms. The number of hydrogen-bond donors (Lipinski definition) is 0. The third-order valence-electron chi connectivity index (χ3n) is 5.62. The van der Waals surface area contributed by atoms with Gasteiger partial charge in [0.15, 0.2) is 5.82 Å². The van der Waals surface area contributed by atoms with E-state index in [-0.39, 0.29) is 0 Å². The van der Waals surface area contributed by atoms with Gasteiger partial charge in [0.1, 0.15) is 5.76 Å². The van der Waals surface area contributed by atoms with Crippen molar-refractivity contribution in [3.63, 3.8) is 0 Å². The van der Waals surface area contributed by atoms with Gasteiger partial charge in [0.05, 0.1) is 30.6 Å². The Hall–Kier alpha value is -2.72. The zero-order valence-corrected chi connectivity index (χ0v) is 15.8. The molecule has 3 aliphatic rings. The zero-order valence-electron chi connectivity index (χ0n) is 15.8. The summed E-state index contributed by atoms with van der Waals surface area (Å²) in [6.07, 6.45) is 13.0. The van der Waals surface area contributed by atoms with Gasteiger partial charge in [-0.3, -0.25) is 4.90 Å². The average molecular weight is 381 g/mol. The van der Waals surface area contributed by atoms with E-state index in [2.05, 4.69) is 25.8 Å². The van der Waals surface area contributed by atoms with Gasteiger partial charge in [-0.05, 0) is 18.9 Å². The van der Waals surface area contributed by atoms with E-state index >= 15 is 0 Å². The molecule has 1 aromatic heterocycles. The van der Waals surface area contributed by atoms with Crippen molar-refractivity contribution in [2.45, 2.75) is 25.3 Å². The fourth-order valence-corrected chi connectivity index (χ4v) is 4.10. The normalized spacial score (nSPS) is 25.2. The van der Waals surface area contributed by atoms with Crippen LogP contribution in [0.3, 0.4) is 0 Å². The first-order chi connectivity index (χ1) is 13.7. The third kappa shape index (κ3) is 4.23. The molecule has 7 heteroatoms. The molecule has 2 aliphatic heterocycles. The molecule has 0 amide bonds. The predicted octanol–water partition coefficient (Wildman–Crippen LogP) is 2.83. The molecule has 4 rings (SSSR count). The molecular formula is C21H24FN5O. The lowest BCUT2D eigenvalue weighted by Gasteiger charge is -2.46. The van der Waals surface area contributed by atoms with Crippen LogP contribution in [0.5, 0.6) is 0 Å². The van der Waals surface area contributed by atoms with Gasteiger partial charge >= 0.3 is 0 Å². The lowest BCUT2D eigenvalue weighted by atomic mass is 9.91. The Kier molecular flexibility index (Phi) is 5.68. The summed E-state index contributed by atoms with van der Waals surface area (Å²) >= 11 is 0. The Morgan fingerprint density at radius 1 is 1.18 bits per heavy atom. The van der Waals surface area contributed by atoms with Crippen molar-refractivity contribution in [3.8, 4) is 6.07 Å². The molecule has 1 aliphatic carbocycles. The van der Waals surface area contributed by atoms with E-state index in [1.807, 2.05) is 24.3 Å². The fraction of sp³-hybridized carbons (Fsp3) is 0.476. The van der Waals surface area contributed by atoms with Crippen molar-refractivity contribution < 1.29 is 9.13 Å². The molecule has 0 saturated carbocycles. The number of hydrogen-bond acceptors (Lipinski definition) is 6. The summed E-state index contributed by atoms with van der Waals surface area (Å²) in [5, 5.41) is 9.31. The van der Waals surface area contributed by atoms with E-state index in [1.165, 1.54) is 12.4 Å². The lowest BCUT2D eigenvalue weighted by molar-refractivity contribution is 0.0573. The van der Waals surface area contributed by atoms with Gasteiger partial charge in [-0.25, -0.2) is 14.4 Å². The van der Waals surface area contributed by atoms with Crippen LogP contribution in [0, 0.1) is 23.1 Å². The van der Waals surface area contributed by atoms with Crippen LogP contribution in [-0.2, 0) is 4.74 Å². The molecule has 2 atom stereocenters. The summed E-state index contributed by atoms with van der Waals surface area (Å²) in [6, 6.07) is 2.72. The molecule has 0 spiro atoms. The quantitative estimate of drug-likeness (QED) is 0.799. The van der Waals surface area contributed by atoms with Crippen LogP contribution >= 0.6 is 0 Å². The van der Waals surface area contributed by atoms with Crippen molar-refractivity contribution in [2.24, 2.45) is 5.92 Å². The van der Waals surface area contributed by atoms with E-state index in [0.717, 1.165) is 39.0 Å². The van der Waals surface area contributed by atoms with Gasteiger partial charge in [-0.15, -0.1) is 0 Å². The van der Waals surface area contributed by atoms with Gasteiger partial charge in [-0.1, -0.05) is 18.2 Å². The molecule has 2 saturated heterocycles. The Bertz CT molecular complexity index is 826. The standard InChI is InChI=1S/C21H24FN5O/c22-18-11-24-21(25-12-18)27-9-8-26-13-16(6-7-19(26)14-27)15-28-20-5-3-1-2-4-17(20)10-23/h1-3,5,11-12,16,19H,4,6-9,13-15H2. The van der Waals surface area contributed by atoms with Crippen molar-refractivity contribution in [3.05, 3.63) is 53.8 Å². The molecule has 0 aromatic carbocycles. The van der Waals surface area contributed by atoms with Crippen LogP contribution in [0.1, 0.15) is 19.3 Å². The Balaban J connectivity index is 1.31. The number of piperazine rings is 1. The minimum absolute atomic E-state index is 0.406. The first-order valence-electron chi connectivity index (χ1n) is 9.78. The number of fused-ring (bicyclic) bond motifs is 1. The van der Waals surface area contributed by atoms with Crippen LogP contribution in [0.4, 0.5) is 10.3 Å². The molecular weight excluding hydrogens is 357 g/mol. The van der Waals surface area contributed by atoms with E-state index in [9.17, 15) is 9.65 Å². The Morgan fingerprint density at radius 2 is 2.04 bits per heavy atom. The number of nitrogens with zero attached hydrogens (tertiary/aromatic N) is 5. The number of rotatable bonds is 4. The maximum absolute atomic E-state index is 13.0. The summed E-state index contributed by atoms with van der Waals surface area (Å²) in [5.41, 5.74) is 0.687. The topological polar surface area (TPSA) is 65.3 Å². The van der Waals surface area contributed by atoms with Gasteiger partial charge in [0.25, 0.3) is 0 Å². The molecule has 2 unspecified atom stereocenters. The number of nitriles is 1. The van der Waals surface area contributed by atoms with Gasteiger partial charge in [0, 0.05) is 44.6 Å². The van der Waals surface area contributed by atoms with Crippen molar-refractivity contribution in [1.82, 2.24) is 14.9 Å². The van der Waals surface area contributed by atoms with Crippen molar-refractivity contribution in [1.29, 1.82) is 5.26 Å². The molecule has 1 aromatic rings. The minimum atomic E-state index is -0.406. The molecule has 0 radical (unpaired) electrons. The first kappa shape index (κ1) is 18.6. The molecule has 146 valence electrons. The highest BCUT2D eigenvalue weighted by Crippen LogP contribution is 2.27. The average Bonchev–Trinajstić information content (AvgIpc) is 2.97. The van der Waals surface area contributed by atoms with Gasteiger partial charge < -0.3 is 9.64 Å². The van der Waals surface area contributed by atoms with E-state index in [4.69, 9.17) is 4.74 Å². The number of aromatic nitrogens is 2. The van der Waals surface area contributed by atoms with Gasteiger partial charge in [-0.2, -0.15) is 5.26 Å². The predicted molar refractivity (Wildman–Crippen MR) is 104 cm³/mol. The highest BCUT2D eigenvalue weighted by Gasteiger charge is 2.34. The summed E-state index contributed by atoms with van der Waals surface area (Å²) in [5.74, 6) is 1.36.